The summed E-state index contributed by atoms with van der Waals surface area (Å²) in [4.78, 5) is 0. The lowest BCUT2D eigenvalue weighted by Crippen LogP contribution is -2.59. The highest BCUT2D eigenvalue weighted by Gasteiger charge is 2.44. The topological polar surface area (TPSA) is 120 Å². The minimum atomic E-state index is -1.52. The fourth-order valence-electron chi connectivity index (χ4n) is 2.18. The van der Waals surface area contributed by atoms with E-state index in [2.05, 4.69) is 35.5 Å². The Bertz CT molecular complexity index is 678. The number of aliphatic hydroxyl groups is 5. The van der Waals surface area contributed by atoms with Crippen LogP contribution in [0.5, 0.6) is 0 Å². The van der Waals surface area contributed by atoms with Gasteiger partial charge in [-0.25, -0.2) is 0 Å². The van der Waals surface area contributed by atoms with Crippen molar-refractivity contribution >= 4 is 0 Å². The lowest BCUT2D eigenvalue weighted by molar-refractivity contribution is -0.308. The van der Waals surface area contributed by atoms with E-state index in [4.69, 9.17) is 14.6 Å². The molecule has 6 atom stereocenters. The average Bonchev–Trinajstić information content (AvgIpc) is 2.67. The van der Waals surface area contributed by atoms with E-state index in [0.717, 1.165) is 0 Å². The molecule has 7 heteroatoms. The number of ether oxygens (including phenoxy) is 2. The van der Waals surface area contributed by atoms with E-state index in [1.54, 1.807) is 31.2 Å². The first-order valence-corrected chi connectivity index (χ1v) is 8.37. The van der Waals surface area contributed by atoms with Crippen LogP contribution in [0.1, 0.15) is 13.3 Å². The molecule has 1 heterocycles. The Labute approximate surface area is 158 Å². The van der Waals surface area contributed by atoms with Crippen LogP contribution in [0.4, 0.5) is 0 Å². The molecule has 0 aromatic heterocycles. The molecule has 0 aromatic rings. The van der Waals surface area contributed by atoms with E-state index in [1.807, 2.05) is 0 Å². The standard InChI is InChI=1S/C20H24O7/c1-2-3-4-5-6-7-8-9-10-11-15(12-13-21)26-20-19(25)18(24)17(23)16(14-22)27-20/h8-11,15-25H,12-14H2,1H3/b9-8+,11-10+/t15?,16-,17-,18+,19-,20-/m1/s1. The Morgan fingerprint density at radius 1 is 1.00 bits per heavy atom. The van der Waals surface area contributed by atoms with Crippen LogP contribution >= 0.6 is 0 Å². The van der Waals surface area contributed by atoms with E-state index in [0.29, 0.717) is 0 Å². The minimum Gasteiger partial charge on any atom is -0.396 e. The van der Waals surface area contributed by atoms with Crippen molar-refractivity contribution < 1.29 is 35.0 Å². The van der Waals surface area contributed by atoms with Gasteiger partial charge in [0.1, 0.15) is 24.4 Å². The molecule has 0 amide bonds. The largest absolute Gasteiger partial charge is 0.396 e. The Kier molecular flexibility index (Phi) is 11.1. The smallest absolute Gasteiger partial charge is 0.187 e. The van der Waals surface area contributed by atoms with Crippen LogP contribution in [-0.2, 0) is 9.47 Å². The maximum Gasteiger partial charge on any atom is 0.187 e. The van der Waals surface area contributed by atoms with Crippen molar-refractivity contribution in [1.29, 1.82) is 0 Å². The van der Waals surface area contributed by atoms with Gasteiger partial charge in [-0.05, 0) is 36.7 Å². The number of allylic oxidation sites excluding steroid dienone is 3. The molecule has 1 fully saturated rings. The zero-order valence-corrected chi connectivity index (χ0v) is 14.9. The van der Waals surface area contributed by atoms with Crippen LogP contribution in [0, 0.1) is 35.5 Å². The van der Waals surface area contributed by atoms with Crippen LogP contribution in [-0.4, -0.2) is 75.6 Å². The molecular formula is C20H24O7. The fourth-order valence-corrected chi connectivity index (χ4v) is 2.18. The summed E-state index contributed by atoms with van der Waals surface area (Å²) in [5.74, 6) is 15.6. The third kappa shape index (κ3) is 7.97. The zero-order chi connectivity index (χ0) is 20.1. The van der Waals surface area contributed by atoms with Gasteiger partial charge in [-0.3, -0.25) is 0 Å². The second-order valence-electron chi connectivity index (χ2n) is 5.52. The van der Waals surface area contributed by atoms with Crippen molar-refractivity contribution in [2.45, 2.75) is 50.2 Å². The van der Waals surface area contributed by atoms with Gasteiger partial charge in [-0.15, -0.1) is 0 Å². The summed E-state index contributed by atoms with van der Waals surface area (Å²) in [5, 5.41) is 47.9. The molecule has 1 unspecified atom stereocenters. The Morgan fingerprint density at radius 2 is 1.74 bits per heavy atom. The summed E-state index contributed by atoms with van der Waals surface area (Å²) in [7, 11) is 0. The van der Waals surface area contributed by atoms with Crippen molar-refractivity contribution in [3.63, 3.8) is 0 Å². The SMILES string of the molecule is CC#CC#CC#C/C=C/C=C/C(CCO)O[C@@H]1O[C@H](CO)[C@@H](O)[C@H](O)[C@H]1O. The summed E-state index contributed by atoms with van der Waals surface area (Å²) in [6.45, 7) is 0.964. The van der Waals surface area contributed by atoms with Crippen LogP contribution in [0.15, 0.2) is 24.3 Å². The summed E-state index contributed by atoms with van der Waals surface area (Å²) in [6.07, 6.45) is -0.749. The van der Waals surface area contributed by atoms with E-state index in [1.165, 1.54) is 0 Å². The monoisotopic (exact) mass is 376 g/mol. The molecule has 27 heavy (non-hydrogen) atoms. The number of rotatable bonds is 7. The average molecular weight is 376 g/mol. The Hall–Kier alpha value is -2.12. The predicted octanol–water partition coefficient (Wildman–Crippen LogP) is -1.30. The van der Waals surface area contributed by atoms with Crippen molar-refractivity contribution in [3.8, 4) is 35.5 Å². The molecular weight excluding hydrogens is 352 g/mol. The van der Waals surface area contributed by atoms with E-state index in [9.17, 15) is 20.4 Å². The Morgan fingerprint density at radius 3 is 2.41 bits per heavy atom. The van der Waals surface area contributed by atoms with Crippen molar-refractivity contribution in [1.82, 2.24) is 0 Å². The highest BCUT2D eigenvalue weighted by molar-refractivity contribution is 5.37. The first-order valence-electron chi connectivity index (χ1n) is 8.37. The van der Waals surface area contributed by atoms with Crippen molar-refractivity contribution in [2.75, 3.05) is 13.2 Å². The third-order valence-corrected chi connectivity index (χ3v) is 3.57. The molecule has 5 N–H and O–H groups in total. The second-order valence-corrected chi connectivity index (χ2v) is 5.52. The van der Waals surface area contributed by atoms with E-state index in [-0.39, 0.29) is 13.0 Å². The molecule has 0 aromatic carbocycles. The van der Waals surface area contributed by atoms with Crippen LogP contribution in [0.2, 0.25) is 0 Å². The lowest BCUT2D eigenvalue weighted by Gasteiger charge is -2.40. The fraction of sp³-hybridized carbons (Fsp3) is 0.500. The van der Waals surface area contributed by atoms with Crippen LogP contribution in [0.25, 0.3) is 0 Å². The van der Waals surface area contributed by atoms with Gasteiger partial charge in [0.15, 0.2) is 6.29 Å². The van der Waals surface area contributed by atoms with E-state index < -0.39 is 43.4 Å². The molecule has 1 aliphatic rings. The second kappa shape index (κ2) is 13.1. The van der Waals surface area contributed by atoms with Gasteiger partial charge < -0.3 is 35.0 Å². The quantitative estimate of drug-likeness (QED) is 0.277. The van der Waals surface area contributed by atoms with Crippen LogP contribution < -0.4 is 0 Å². The van der Waals surface area contributed by atoms with Gasteiger partial charge >= 0.3 is 0 Å². The molecule has 1 aliphatic heterocycles. The third-order valence-electron chi connectivity index (χ3n) is 3.57. The van der Waals surface area contributed by atoms with Crippen LogP contribution in [0.3, 0.4) is 0 Å². The molecule has 1 saturated heterocycles. The molecule has 146 valence electrons. The maximum atomic E-state index is 9.99. The summed E-state index contributed by atoms with van der Waals surface area (Å²) >= 11 is 0. The number of hydrogen-bond donors (Lipinski definition) is 5. The van der Waals surface area contributed by atoms with Gasteiger partial charge in [0.05, 0.1) is 12.7 Å². The first-order chi connectivity index (χ1) is 13.0. The minimum absolute atomic E-state index is 0.177. The normalized spacial score (nSPS) is 28.6. The van der Waals surface area contributed by atoms with Gasteiger partial charge in [-0.1, -0.05) is 30.1 Å². The molecule has 0 spiro atoms. The van der Waals surface area contributed by atoms with Gasteiger partial charge in [-0.2, -0.15) is 0 Å². The molecule has 0 bridgehead atoms. The number of aliphatic hydroxyl groups excluding tert-OH is 5. The molecule has 0 aliphatic carbocycles. The lowest BCUT2D eigenvalue weighted by atomic mass is 9.99. The highest BCUT2D eigenvalue weighted by Crippen LogP contribution is 2.23. The molecule has 0 radical (unpaired) electrons. The maximum absolute atomic E-state index is 9.99. The van der Waals surface area contributed by atoms with Gasteiger partial charge in [0, 0.05) is 13.0 Å². The zero-order valence-electron chi connectivity index (χ0n) is 14.9. The summed E-state index contributed by atoms with van der Waals surface area (Å²) in [6, 6.07) is 0. The van der Waals surface area contributed by atoms with Crippen molar-refractivity contribution in [2.24, 2.45) is 0 Å². The highest BCUT2D eigenvalue weighted by atomic mass is 16.7. The Balaban J connectivity index is 2.67. The number of hydrogen-bond acceptors (Lipinski definition) is 7. The molecule has 0 saturated carbocycles. The first kappa shape index (κ1) is 22.9. The summed E-state index contributed by atoms with van der Waals surface area (Å²) < 4.78 is 10.8. The van der Waals surface area contributed by atoms with E-state index >= 15 is 0 Å². The van der Waals surface area contributed by atoms with Crippen molar-refractivity contribution in [3.05, 3.63) is 24.3 Å². The summed E-state index contributed by atoms with van der Waals surface area (Å²) in [5.41, 5.74) is 0. The molecule has 7 nitrogen and oxygen atoms in total. The predicted molar refractivity (Wildman–Crippen MR) is 97.6 cm³/mol. The molecule has 1 rings (SSSR count). The van der Waals surface area contributed by atoms with Gasteiger partial charge in [0.2, 0.25) is 0 Å². The van der Waals surface area contributed by atoms with Gasteiger partial charge in [0.25, 0.3) is 0 Å².